The average molecular weight is 284 g/mol. The first-order valence-electron chi connectivity index (χ1n) is 6.35. The van der Waals surface area contributed by atoms with E-state index in [4.69, 9.17) is 21.1 Å². The highest BCUT2D eigenvalue weighted by molar-refractivity contribution is 6.18. The van der Waals surface area contributed by atoms with Crippen molar-refractivity contribution in [2.75, 3.05) is 25.6 Å². The number of halogens is 1. The Labute approximate surface area is 118 Å². The Hall–Kier alpha value is -1.26. The van der Waals surface area contributed by atoms with Gasteiger partial charge in [0.15, 0.2) is 6.61 Å². The molecule has 1 saturated heterocycles. The zero-order valence-corrected chi connectivity index (χ0v) is 11.7. The topological polar surface area (TPSA) is 38.8 Å². The Kier molecular flexibility index (Phi) is 5.05. The number of hydrogen-bond donors (Lipinski definition) is 0. The molecule has 0 saturated carbocycles. The third kappa shape index (κ3) is 3.85. The van der Waals surface area contributed by atoms with Gasteiger partial charge >= 0.3 is 0 Å². The molecule has 1 aromatic carbocycles. The largest absolute Gasteiger partial charge is 0.484 e. The molecule has 1 aliphatic rings. The van der Waals surface area contributed by atoms with Crippen LogP contribution in [0.5, 0.6) is 5.75 Å². The fraction of sp³-hybridized carbons (Fsp3) is 0.500. The number of ether oxygens (including phenoxy) is 2. The van der Waals surface area contributed by atoms with Gasteiger partial charge in [0.05, 0.1) is 24.6 Å². The Morgan fingerprint density at radius 2 is 2.21 bits per heavy atom. The molecule has 1 aromatic rings. The van der Waals surface area contributed by atoms with Gasteiger partial charge < -0.3 is 14.4 Å². The highest BCUT2D eigenvalue weighted by Crippen LogP contribution is 2.14. The average Bonchev–Trinajstić information content (AvgIpc) is 2.46. The van der Waals surface area contributed by atoms with Crippen molar-refractivity contribution in [2.24, 2.45) is 0 Å². The number of para-hydroxylation sites is 1. The Morgan fingerprint density at radius 1 is 1.47 bits per heavy atom. The summed E-state index contributed by atoms with van der Waals surface area (Å²) in [6.07, 6.45) is -0.0847. The molecule has 1 heterocycles. The molecule has 1 aliphatic heterocycles. The summed E-state index contributed by atoms with van der Waals surface area (Å²) in [7, 11) is 0. The third-order valence-electron chi connectivity index (χ3n) is 3.10. The maximum atomic E-state index is 12.1. The van der Waals surface area contributed by atoms with Crippen molar-refractivity contribution in [3.05, 3.63) is 30.3 Å². The molecule has 0 radical (unpaired) electrons. The van der Waals surface area contributed by atoms with Crippen molar-refractivity contribution in [2.45, 2.75) is 19.1 Å². The van der Waals surface area contributed by atoms with Gasteiger partial charge in [-0.1, -0.05) is 18.2 Å². The molecule has 19 heavy (non-hydrogen) atoms. The number of alkyl halides is 1. The van der Waals surface area contributed by atoms with Gasteiger partial charge in [0.25, 0.3) is 5.91 Å². The normalized spacial score (nSPS) is 23.2. The van der Waals surface area contributed by atoms with Crippen LogP contribution in [0.3, 0.4) is 0 Å². The van der Waals surface area contributed by atoms with Crippen molar-refractivity contribution in [3.63, 3.8) is 0 Å². The second kappa shape index (κ2) is 6.78. The van der Waals surface area contributed by atoms with E-state index < -0.39 is 0 Å². The number of rotatable bonds is 4. The van der Waals surface area contributed by atoms with Crippen molar-refractivity contribution >= 4 is 17.5 Å². The van der Waals surface area contributed by atoms with Crippen LogP contribution in [0.4, 0.5) is 0 Å². The van der Waals surface area contributed by atoms with Gasteiger partial charge in [-0.25, -0.2) is 0 Å². The molecule has 2 unspecified atom stereocenters. The van der Waals surface area contributed by atoms with E-state index in [0.29, 0.717) is 24.8 Å². The molecule has 0 aliphatic carbocycles. The van der Waals surface area contributed by atoms with Gasteiger partial charge in [-0.3, -0.25) is 4.79 Å². The molecule has 5 heteroatoms. The van der Waals surface area contributed by atoms with E-state index in [1.54, 1.807) is 4.90 Å². The minimum absolute atomic E-state index is 0.0326. The van der Waals surface area contributed by atoms with Crippen LogP contribution in [-0.2, 0) is 9.53 Å². The van der Waals surface area contributed by atoms with Gasteiger partial charge in [-0.05, 0) is 19.1 Å². The van der Waals surface area contributed by atoms with Gasteiger partial charge in [0.2, 0.25) is 0 Å². The molecule has 104 valence electrons. The van der Waals surface area contributed by atoms with E-state index in [1.165, 1.54) is 0 Å². The lowest BCUT2D eigenvalue weighted by molar-refractivity contribution is -0.145. The number of benzene rings is 1. The lowest BCUT2D eigenvalue weighted by atomic mass is 10.2. The minimum Gasteiger partial charge on any atom is -0.484 e. The van der Waals surface area contributed by atoms with Crippen LogP contribution >= 0.6 is 11.6 Å². The zero-order chi connectivity index (χ0) is 13.7. The van der Waals surface area contributed by atoms with E-state index >= 15 is 0 Å². The fourth-order valence-electron chi connectivity index (χ4n) is 2.00. The number of carbonyl (C=O) groups excluding carboxylic acids is 1. The molecule has 1 amide bonds. The first-order chi connectivity index (χ1) is 9.20. The molecular formula is C14H18ClNO3. The summed E-state index contributed by atoms with van der Waals surface area (Å²) in [5, 5.41) is 0. The Bertz CT molecular complexity index is 412. The predicted molar refractivity (Wildman–Crippen MR) is 73.6 cm³/mol. The first-order valence-corrected chi connectivity index (χ1v) is 6.89. The number of hydrogen-bond acceptors (Lipinski definition) is 3. The summed E-state index contributed by atoms with van der Waals surface area (Å²) >= 11 is 5.78. The van der Waals surface area contributed by atoms with Crippen LogP contribution in [0.2, 0.25) is 0 Å². The highest BCUT2D eigenvalue weighted by atomic mass is 35.5. The Morgan fingerprint density at radius 3 is 2.89 bits per heavy atom. The summed E-state index contributed by atoms with van der Waals surface area (Å²) in [4.78, 5) is 13.9. The lowest BCUT2D eigenvalue weighted by Gasteiger charge is -2.37. The minimum atomic E-state index is -0.0847. The van der Waals surface area contributed by atoms with Crippen molar-refractivity contribution in [3.8, 4) is 5.75 Å². The second-order valence-corrected chi connectivity index (χ2v) is 4.92. The smallest absolute Gasteiger partial charge is 0.260 e. The molecule has 4 nitrogen and oxygen atoms in total. The molecular weight excluding hydrogens is 266 g/mol. The van der Waals surface area contributed by atoms with E-state index in [0.717, 1.165) is 0 Å². The monoisotopic (exact) mass is 283 g/mol. The fourth-order valence-corrected chi connectivity index (χ4v) is 2.19. The summed E-state index contributed by atoms with van der Waals surface area (Å²) in [5.41, 5.74) is 0. The quantitative estimate of drug-likeness (QED) is 0.793. The summed E-state index contributed by atoms with van der Waals surface area (Å²) in [6, 6.07) is 9.38. The number of carbonyl (C=O) groups is 1. The number of amides is 1. The number of nitrogens with zero attached hydrogens (tertiary/aromatic N) is 1. The standard InChI is InChI=1S/C14H18ClNO3/c1-11-9-18-13(7-15)8-16(11)14(17)10-19-12-5-3-2-4-6-12/h2-6,11,13H,7-10H2,1H3. The van der Waals surface area contributed by atoms with Crippen molar-refractivity contribution in [1.82, 2.24) is 4.90 Å². The second-order valence-electron chi connectivity index (χ2n) is 4.61. The van der Waals surface area contributed by atoms with E-state index in [2.05, 4.69) is 0 Å². The first kappa shape index (κ1) is 14.2. The highest BCUT2D eigenvalue weighted by Gasteiger charge is 2.29. The summed E-state index contributed by atoms with van der Waals surface area (Å²) in [5.74, 6) is 1.07. The molecule has 0 N–H and O–H groups in total. The van der Waals surface area contributed by atoms with Crippen LogP contribution < -0.4 is 4.74 Å². The molecule has 0 aromatic heterocycles. The van der Waals surface area contributed by atoms with Crippen LogP contribution in [-0.4, -0.2) is 48.6 Å². The van der Waals surface area contributed by atoms with E-state index in [1.807, 2.05) is 37.3 Å². The van der Waals surface area contributed by atoms with Crippen LogP contribution in [0.1, 0.15) is 6.92 Å². The maximum Gasteiger partial charge on any atom is 0.260 e. The van der Waals surface area contributed by atoms with Gasteiger partial charge in [0, 0.05) is 6.54 Å². The van der Waals surface area contributed by atoms with Gasteiger partial charge in [0.1, 0.15) is 5.75 Å². The molecule has 1 fully saturated rings. The Balaban J connectivity index is 1.88. The van der Waals surface area contributed by atoms with Crippen LogP contribution in [0, 0.1) is 0 Å². The molecule has 0 spiro atoms. The van der Waals surface area contributed by atoms with Crippen LogP contribution in [0.15, 0.2) is 30.3 Å². The van der Waals surface area contributed by atoms with E-state index in [9.17, 15) is 4.79 Å². The summed E-state index contributed by atoms with van der Waals surface area (Å²) in [6.45, 7) is 3.06. The zero-order valence-electron chi connectivity index (χ0n) is 10.9. The molecule has 2 rings (SSSR count). The molecule has 0 bridgehead atoms. The lowest BCUT2D eigenvalue weighted by Crippen LogP contribution is -2.52. The van der Waals surface area contributed by atoms with Crippen molar-refractivity contribution in [1.29, 1.82) is 0 Å². The van der Waals surface area contributed by atoms with Crippen LogP contribution in [0.25, 0.3) is 0 Å². The summed E-state index contributed by atoms with van der Waals surface area (Å²) < 4.78 is 11.0. The number of morpholine rings is 1. The maximum absolute atomic E-state index is 12.1. The van der Waals surface area contributed by atoms with Gasteiger partial charge in [-0.2, -0.15) is 0 Å². The third-order valence-corrected chi connectivity index (χ3v) is 3.45. The van der Waals surface area contributed by atoms with Crippen molar-refractivity contribution < 1.29 is 14.3 Å². The SMILES string of the molecule is CC1COC(CCl)CN1C(=O)COc1ccccc1. The van der Waals surface area contributed by atoms with E-state index in [-0.39, 0.29) is 24.7 Å². The molecule has 2 atom stereocenters. The predicted octanol–water partition coefficient (Wildman–Crippen LogP) is 1.92. The van der Waals surface area contributed by atoms with Gasteiger partial charge in [-0.15, -0.1) is 11.6 Å².